The van der Waals surface area contributed by atoms with Gasteiger partial charge in [-0.15, -0.1) is 0 Å². The van der Waals surface area contributed by atoms with Crippen molar-refractivity contribution in [1.29, 1.82) is 0 Å². The summed E-state index contributed by atoms with van der Waals surface area (Å²) in [7, 11) is 0. The van der Waals surface area contributed by atoms with Gasteiger partial charge in [-0.05, 0) is 24.0 Å². The Labute approximate surface area is 90.9 Å². The molecule has 2 heteroatoms. The van der Waals surface area contributed by atoms with E-state index in [1.165, 1.54) is 11.1 Å². The van der Waals surface area contributed by atoms with Gasteiger partial charge in [0.1, 0.15) is 6.29 Å². The molecule has 1 aromatic rings. The highest BCUT2D eigenvalue weighted by atomic mass is 16.1. The van der Waals surface area contributed by atoms with E-state index in [0.717, 1.165) is 38.8 Å². The van der Waals surface area contributed by atoms with E-state index >= 15 is 0 Å². The van der Waals surface area contributed by atoms with Gasteiger partial charge in [-0.2, -0.15) is 0 Å². The number of carbonyl (C=O) groups is 1. The van der Waals surface area contributed by atoms with E-state index < -0.39 is 0 Å². The van der Waals surface area contributed by atoms with Crippen LogP contribution in [0.5, 0.6) is 0 Å². The number of benzene rings is 1. The van der Waals surface area contributed by atoms with Crippen LogP contribution < -0.4 is 0 Å². The maximum atomic E-state index is 10.3. The number of rotatable bonds is 3. The Balaban J connectivity index is 1.99. The van der Waals surface area contributed by atoms with Crippen LogP contribution in [0.15, 0.2) is 24.3 Å². The van der Waals surface area contributed by atoms with Gasteiger partial charge in [-0.25, -0.2) is 0 Å². The summed E-state index contributed by atoms with van der Waals surface area (Å²) >= 11 is 0. The normalized spacial score (nSPS) is 16.8. The van der Waals surface area contributed by atoms with Crippen molar-refractivity contribution < 1.29 is 4.79 Å². The molecule has 0 amide bonds. The second-order valence-electron chi connectivity index (χ2n) is 4.07. The van der Waals surface area contributed by atoms with Crippen molar-refractivity contribution in [2.75, 3.05) is 19.6 Å². The molecule has 1 aliphatic heterocycles. The fraction of sp³-hybridized carbons (Fsp3) is 0.462. The van der Waals surface area contributed by atoms with E-state index in [1.54, 1.807) is 0 Å². The quantitative estimate of drug-likeness (QED) is 0.697. The smallest absolute Gasteiger partial charge is 0.121 e. The van der Waals surface area contributed by atoms with Crippen molar-refractivity contribution in [3.05, 3.63) is 35.4 Å². The molecule has 0 bridgehead atoms. The molecule has 0 atom stereocenters. The van der Waals surface area contributed by atoms with E-state index in [1.807, 2.05) is 0 Å². The van der Waals surface area contributed by atoms with Crippen LogP contribution in [0.25, 0.3) is 0 Å². The first kappa shape index (κ1) is 10.4. The van der Waals surface area contributed by atoms with E-state index in [9.17, 15) is 4.79 Å². The lowest BCUT2D eigenvalue weighted by Crippen LogP contribution is -2.27. The Morgan fingerprint density at radius 2 is 1.73 bits per heavy atom. The SMILES string of the molecule is O=CCCN1CCc2ccccc2CC1. The van der Waals surface area contributed by atoms with Crippen molar-refractivity contribution in [3.8, 4) is 0 Å². The molecule has 0 saturated heterocycles. The van der Waals surface area contributed by atoms with E-state index in [-0.39, 0.29) is 0 Å². The minimum atomic E-state index is 0.663. The number of nitrogens with zero attached hydrogens (tertiary/aromatic N) is 1. The van der Waals surface area contributed by atoms with Crippen LogP contribution in [0.4, 0.5) is 0 Å². The minimum absolute atomic E-state index is 0.663. The maximum Gasteiger partial charge on any atom is 0.121 e. The topological polar surface area (TPSA) is 20.3 Å². The van der Waals surface area contributed by atoms with Gasteiger partial charge in [0.05, 0.1) is 0 Å². The molecule has 0 N–H and O–H groups in total. The third kappa shape index (κ3) is 2.66. The Kier molecular flexibility index (Phi) is 3.51. The first-order valence-corrected chi connectivity index (χ1v) is 5.63. The summed E-state index contributed by atoms with van der Waals surface area (Å²) in [5.41, 5.74) is 2.96. The van der Waals surface area contributed by atoms with Gasteiger partial charge in [0.15, 0.2) is 0 Å². The zero-order chi connectivity index (χ0) is 10.5. The lowest BCUT2D eigenvalue weighted by molar-refractivity contribution is -0.108. The molecule has 2 rings (SSSR count). The first-order valence-electron chi connectivity index (χ1n) is 5.63. The molecule has 0 aromatic heterocycles. The molecule has 1 aliphatic rings. The lowest BCUT2D eigenvalue weighted by Gasteiger charge is -2.17. The van der Waals surface area contributed by atoms with Gasteiger partial charge in [-0.3, -0.25) is 0 Å². The van der Waals surface area contributed by atoms with Crippen LogP contribution >= 0.6 is 0 Å². The lowest BCUT2D eigenvalue weighted by atomic mass is 10.0. The van der Waals surface area contributed by atoms with Crippen molar-refractivity contribution >= 4 is 6.29 Å². The second kappa shape index (κ2) is 5.08. The third-order valence-corrected chi connectivity index (χ3v) is 3.08. The molecule has 0 radical (unpaired) electrons. The third-order valence-electron chi connectivity index (χ3n) is 3.08. The van der Waals surface area contributed by atoms with Gasteiger partial charge in [-0.1, -0.05) is 24.3 Å². The van der Waals surface area contributed by atoms with Crippen LogP contribution in [0, 0.1) is 0 Å². The molecular formula is C13H17NO. The summed E-state index contributed by atoms with van der Waals surface area (Å²) in [6.07, 6.45) is 3.92. The minimum Gasteiger partial charge on any atom is -0.303 e. The zero-order valence-corrected chi connectivity index (χ0v) is 8.98. The van der Waals surface area contributed by atoms with Gasteiger partial charge < -0.3 is 9.69 Å². The largest absolute Gasteiger partial charge is 0.303 e. The van der Waals surface area contributed by atoms with Crippen molar-refractivity contribution in [3.63, 3.8) is 0 Å². The van der Waals surface area contributed by atoms with Crippen molar-refractivity contribution in [2.45, 2.75) is 19.3 Å². The Morgan fingerprint density at radius 3 is 2.27 bits per heavy atom. The summed E-state index contributed by atoms with van der Waals surface area (Å²) < 4.78 is 0. The van der Waals surface area contributed by atoms with Crippen LogP contribution in [0.1, 0.15) is 17.5 Å². The molecule has 15 heavy (non-hydrogen) atoms. The van der Waals surface area contributed by atoms with Crippen molar-refractivity contribution in [2.24, 2.45) is 0 Å². The highest BCUT2D eigenvalue weighted by Crippen LogP contribution is 2.15. The highest BCUT2D eigenvalue weighted by Gasteiger charge is 2.12. The number of hydrogen-bond acceptors (Lipinski definition) is 2. The summed E-state index contributed by atoms with van der Waals surface area (Å²) in [5, 5.41) is 0. The number of hydrogen-bond donors (Lipinski definition) is 0. The summed E-state index contributed by atoms with van der Waals surface area (Å²) in [6, 6.07) is 8.66. The van der Waals surface area contributed by atoms with Crippen LogP contribution in [0.2, 0.25) is 0 Å². The molecule has 0 fully saturated rings. The predicted octanol–water partition coefficient (Wildman–Crippen LogP) is 1.68. The number of fused-ring (bicyclic) bond motifs is 1. The molecule has 1 heterocycles. The van der Waals surface area contributed by atoms with Gasteiger partial charge in [0.25, 0.3) is 0 Å². The fourth-order valence-corrected chi connectivity index (χ4v) is 2.17. The maximum absolute atomic E-state index is 10.3. The van der Waals surface area contributed by atoms with Crippen molar-refractivity contribution in [1.82, 2.24) is 4.90 Å². The predicted molar refractivity (Wildman–Crippen MR) is 61.0 cm³/mol. The Hall–Kier alpha value is -1.15. The van der Waals surface area contributed by atoms with Crippen LogP contribution in [-0.2, 0) is 17.6 Å². The molecule has 0 saturated carbocycles. The Morgan fingerprint density at radius 1 is 1.13 bits per heavy atom. The van der Waals surface area contributed by atoms with E-state index in [2.05, 4.69) is 29.2 Å². The van der Waals surface area contributed by atoms with Gasteiger partial charge >= 0.3 is 0 Å². The van der Waals surface area contributed by atoms with Crippen LogP contribution in [-0.4, -0.2) is 30.8 Å². The number of carbonyl (C=O) groups excluding carboxylic acids is 1. The summed E-state index contributed by atoms with van der Waals surface area (Å²) in [5.74, 6) is 0. The molecule has 0 unspecified atom stereocenters. The van der Waals surface area contributed by atoms with Gasteiger partial charge in [0, 0.05) is 26.1 Å². The average molecular weight is 203 g/mol. The fourth-order valence-electron chi connectivity index (χ4n) is 2.17. The van der Waals surface area contributed by atoms with Crippen LogP contribution in [0.3, 0.4) is 0 Å². The standard InChI is InChI=1S/C13H17NO/c15-11-3-8-14-9-6-12-4-1-2-5-13(12)7-10-14/h1-2,4-5,11H,3,6-10H2. The summed E-state index contributed by atoms with van der Waals surface area (Å²) in [4.78, 5) is 12.7. The molecule has 80 valence electrons. The molecular weight excluding hydrogens is 186 g/mol. The monoisotopic (exact) mass is 203 g/mol. The molecule has 1 aromatic carbocycles. The highest BCUT2D eigenvalue weighted by molar-refractivity contribution is 5.49. The zero-order valence-electron chi connectivity index (χ0n) is 8.98. The second-order valence-corrected chi connectivity index (χ2v) is 4.07. The van der Waals surface area contributed by atoms with E-state index in [0.29, 0.717) is 6.42 Å². The molecule has 0 spiro atoms. The van der Waals surface area contributed by atoms with Gasteiger partial charge in [0.2, 0.25) is 0 Å². The van der Waals surface area contributed by atoms with E-state index in [4.69, 9.17) is 0 Å². The first-order chi connectivity index (χ1) is 7.40. The average Bonchev–Trinajstić information content (AvgIpc) is 2.49. The number of aldehydes is 1. The molecule has 2 nitrogen and oxygen atoms in total. The summed E-state index contributed by atoms with van der Waals surface area (Å²) in [6.45, 7) is 3.09. The molecule has 0 aliphatic carbocycles. The Bertz CT molecular complexity index is 308.